The van der Waals surface area contributed by atoms with Crippen LogP contribution in [0.5, 0.6) is 0 Å². The van der Waals surface area contributed by atoms with Crippen LogP contribution in [-0.2, 0) is 40.1 Å². The summed E-state index contributed by atoms with van der Waals surface area (Å²) in [4.78, 5) is 97.7. The third-order valence-corrected chi connectivity index (χ3v) is 13.9. The Kier molecular flexibility index (Phi) is 17.2. The number of amides is 5. The van der Waals surface area contributed by atoms with E-state index in [1.807, 2.05) is 82.3 Å². The van der Waals surface area contributed by atoms with Gasteiger partial charge in [0.25, 0.3) is 0 Å². The summed E-state index contributed by atoms with van der Waals surface area (Å²) in [5, 5.41) is 23.0. The number of nitrogens with two attached hydrogens (primary N) is 1. The molecule has 1 unspecified atom stereocenters. The number of alkyl carbamates (subject to hydrolysis) is 1. The molecule has 2 aromatic rings. The minimum atomic E-state index is -1.36. The lowest BCUT2D eigenvalue weighted by molar-refractivity contribution is -0.498. The molecule has 0 aromatic heterocycles. The molecular weight excluding hydrogens is 859 g/mol. The van der Waals surface area contributed by atoms with Gasteiger partial charge in [-0.05, 0) is 94.1 Å². The molecular formula is C50H69N7O10. The second-order valence-electron chi connectivity index (χ2n) is 19.3. The van der Waals surface area contributed by atoms with E-state index in [4.69, 9.17) is 15.2 Å². The summed E-state index contributed by atoms with van der Waals surface area (Å²) in [6.45, 7) is 10.9. The molecule has 6 rings (SSSR count). The molecule has 364 valence electrons. The van der Waals surface area contributed by atoms with Crippen LogP contribution in [0.4, 0.5) is 4.79 Å². The number of nitrogens with one attached hydrogen (secondary N) is 4. The summed E-state index contributed by atoms with van der Waals surface area (Å²) < 4.78 is 11.5. The van der Waals surface area contributed by atoms with Crippen LogP contribution in [0.25, 0.3) is 0 Å². The molecule has 3 aliphatic carbocycles. The van der Waals surface area contributed by atoms with Crippen molar-refractivity contribution in [2.24, 2.45) is 35.3 Å². The lowest BCUT2D eigenvalue weighted by atomic mass is 9.91. The number of esters is 1. The predicted molar refractivity (Wildman–Crippen MR) is 249 cm³/mol. The maximum Gasteiger partial charge on any atom is 0.408 e. The zero-order chi connectivity index (χ0) is 48.5. The van der Waals surface area contributed by atoms with E-state index in [0.29, 0.717) is 18.3 Å². The zero-order valence-corrected chi connectivity index (χ0v) is 39.6. The van der Waals surface area contributed by atoms with Crippen molar-refractivity contribution in [2.75, 3.05) is 6.54 Å². The van der Waals surface area contributed by atoms with E-state index in [0.717, 1.165) is 42.4 Å². The minimum absolute atomic E-state index is 0.0509. The molecule has 17 nitrogen and oxygen atoms in total. The number of ether oxygens (including phenoxy) is 2. The zero-order valence-electron chi connectivity index (χ0n) is 39.6. The van der Waals surface area contributed by atoms with Crippen LogP contribution >= 0.6 is 0 Å². The Morgan fingerprint density at radius 2 is 1.51 bits per heavy atom. The molecule has 5 amide bonds. The number of rotatable bonds is 23. The second kappa shape index (κ2) is 22.8. The lowest BCUT2D eigenvalue weighted by Crippen LogP contribution is -2.61. The van der Waals surface area contributed by atoms with Crippen molar-refractivity contribution in [3.63, 3.8) is 0 Å². The Morgan fingerprint density at radius 1 is 0.866 bits per heavy atom. The Labute approximate surface area is 393 Å². The standard InChI is InChI=1S/C50H69N7O10/c1-7-12-33-23-40(56(26-33)48(61)43(31(6)51)55-50(63)66-27-32-17-15-28(3)16-18-32)46(59)52-38(24-37-25-39(37)57(64)65)45(58)54-42(30(5)34-13-10-9-11-14-34)47(60)53-41(29(4)8-2)49(62)67-44(35-19-20-35)36-21-22-36/h7,9-18,29-31,33,35-44H,8,19-27,51H2,1-6H3,(H,52,59)(H,53,60)(H,54,58)(H,55,63)/b12-7-/t29-,30?,31+,33-,37+,38-,39+,40-,41-,42-,43+/m0/s1. The minimum Gasteiger partial charge on any atom is -0.460 e. The largest absolute Gasteiger partial charge is 0.460 e. The van der Waals surface area contributed by atoms with Gasteiger partial charge in [-0.25, -0.2) is 9.59 Å². The monoisotopic (exact) mass is 928 g/mol. The van der Waals surface area contributed by atoms with Gasteiger partial charge in [-0.2, -0.15) is 0 Å². The van der Waals surface area contributed by atoms with Crippen LogP contribution < -0.4 is 27.0 Å². The van der Waals surface area contributed by atoms with Gasteiger partial charge in [0, 0.05) is 35.8 Å². The van der Waals surface area contributed by atoms with Crippen molar-refractivity contribution >= 4 is 35.7 Å². The fourth-order valence-electron chi connectivity index (χ4n) is 9.08. The van der Waals surface area contributed by atoms with Crippen molar-refractivity contribution in [1.82, 2.24) is 26.2 Å². The Hall–Kier alpha value is -5.84. The molecule has 0 spiro atoms. The van der Waals surface area contributed by atoms with Gasteiger partial charge >= 0.3 is 12.1 Å². The van der Waals surface area contributed by atoms with Crippen LogP contribution in [0, 0.1) is 46.6 Å². The van der Waals surface area contributed by atoms with E-state index in [9.17, 15) is 38.9 Å². The first-order chi connectivity index (χ1) is 32.0. The highest BCUT2D eigenvalue weighted by Crippen LogP contribution is 2.46. The van der Waals surface area contributed by atoms with Gasteiger partial charge in [-0.15, -0.1) is 0 Å². The Balaban J connectivity index is 1.22. The number of carbonyl (C=O) groups excluding carboxylic acids is 6. The molecule has 0 radical (unpaired) electrons. The molecule has 67 heavy (non-hydrogen) atoms. The fourth-order valence-corrected chi connectivity index (χ4v) is 9.08. The van der Waals surface area contributed by atoms with Crippen molar-refractivity contribution in [3.05, 3.63) is 93.6 Å². The molecule has 4 fully saturated rings. The summed E-state index contributed by atoms with van der Waals surface area (Å²) in [5.74, 6) is -4.33. The number of carbonyl (C=O) groups is 6. The third kappa shape index (κ3) is 13.6. The summed E-state index contributed by atoms with van der Waals surface area (Å²) in [6.07, 6.45) is 7.42. The number of nitrogens with zero attached hydrogens (tertiary/aromatic N) is 2. The van der Waals surface area contributed by atoms with Gasteiger partial charge in [-0.1, -0.05) is 99.5 Å². The van der Waals surface area contributed by atoms with E-state index in [1.165, 1.54) is 4.90 Å². The van der Waals surface area contributed by atoms with Crippen molar-refractivity contribution in [2.45, 2.75) is 154 Å². The average molecular weight is 928 g/mol. The van der Waals surface area contributed by atoms with E-state index >= 15 is 0 Å². The van der Waals surface area contributed by atoms with E-state index in [2.05, 4.69) is 21.3 Å². The van der Waals surface area contributed by atoms with Gasteiger partial charge < -0.3 is 41.4 Å². The molecule has 1 saturated heterocycles. The van der Waals surface area contributed by atoms with Gasteiger partial charge in [0.1, 0.15) is 42.9 Å². The molecule has 1 heterocycles. The van der Waals surface area contributed by atoms with Crippen molar-refractivity contribution in [3.8, 4) is 0 Å². The van der Waals surface area contributed by atoms with E-state index < -0.39 is 94.7 Å². The first-order valence-electron chi connectivity index (χ1n) is 24.0. The van der Waals surface area contributed by atoms with Crippen molar-refractivity contribution < 1.29 is 43.2 Å². The van der Waals surface area contributed by atoms with Crippen molar-refractivity contribution in [1.29, 1.82) is 0 Å². The van der Waals surface area contributed by atoms with Crippen LogP contribution in [0.15, 0.2) is 66.7 Å². The summed E-state index contributed by atoms with van der Waals surface area (Å²) in [6, 6.07) is 8.66. The number of benzene rings is 2. The first-order valence-corrected chi connectivity index (χ1v) is 24.0. The third-order valence-electron chi connectivity index (χ3n) is 13.9. The number of likely N-dealkylation sites (tertiary alicyclic amines) is 1. The van der Waals surface area contributed by atoms with Gasteiger partial charge in [-0.3, -0.25) is 29.3 Å². The van der Waals surface area contributed by atoms with Gasteiger partial charge in [0.15, 0.2) is 0 Å². The Morgan fingerprint density at radius 3 is 2.07 bits per heavy atom. The molecule has 3 saturated carbocycles. The molecule has 0 bridgehead atoms. The van der Waals surface area contributed by atoms with E-state index in [1.54, 1.807) is 26.0 Å². The molecule has 1 aliphatic heterocycles. The highest BCUT2D eigenvalue weighted by atomic mass is 16.6. The number of hydrogen-bond acceptors (Lipinski definition) is 11. The smallest absolute Gasteiger partial charge is 0.408 e. The predicted octanol–water partition coefficient (Wildman–Crippen LogP) is 4.82. The second-order valence-corrected chi connectivity index (χ2v) is 19.3. The normalized spacial score (nSPS) is 23.2. The van der Waals surface area contributed by atoms with Crippen LogP contribution in [-0.4, -0.2) is 100 Å². The quantitative estimate of drug-likeness (QED) is 0.0438. The average Bonchev–Trinajstić information content (AvgIpc) is 4.20. The number of nitro groups is 1. The molecule has 17 heteroatoms. The summed E-state index contributed by atoms with van der Waals surface area (Å²) in [7, 11) is 0. The highest BCUT2D eigenvalue weighted by molar-refractivity contribution is 5.96. The topological polar surface area (TPSA) is 241 Å². The molecule has 11 atom stereocenters. The number of hydrogen-bond donors (Lipinski definition) is 5. The fraction of sp³-hybridized carbons (Fsp3) is 0.600. The summed E-state index contributed by atoms with van der Waals surface area (Å²) >= 11 is 0. The SMILES string of the molecule is C/C=C\[C@H]1C[C@@H](C(=O)N[C@@H](C[C@@H]2C[C@H]2[N+](=O)[O-])C(=O)N[C@H](C(=O)N[C@H](C(=O)OC(C2CC2)C2CC2)[C@@H](C)CC)C(C)c2ccccc2)N(C(=O)[C@H](NC(=O)OCc2ccc(C)cc2)[C@@H](C)N)C1. The van der Waals surface area contributed by atoms with Crippen LogP contribution in [0.3, 0.4) is 0 Å². The first kappa shape index (κ1) is 50.6. The maximum absolute atomic E-state index is 14.6. The van der Waals surface area contributed by atoms with Gasteiger partial charge in [0.05, 0.1) is 0 Å². The van der Waals surface area contributed by atoms with Gasteiger partial charge in [0.2, 0.25) is 29.7 Å². The van der Waals surface area contributed by atoms with Crippen LogP contribution in [0.1, 0.15) is 109 Å². The summed E-state index contributed by atoms with van der Waals surface area (Å²) in [5.41, 5.74) is 8.77. The van der Waals surface area contributed by atoms with Crippen LogP contribution in [0.2, 0.25) is 0 Å². The Bertz CT molecular complexity index is 2100. The molecule has 2 aromatic carbocycles. The maximum atomic E-state index is 14.6. The number of aryl methyl sites for hydroxylation is 1. The highest BCUT2D eigenvalue weighted by Gasteiger charge is 2.51. The molecule has 4 aliphatic rings. The number of allylic oxidation sites excluding steroid dienone is 1. The lowest BCUT2D eigenvalue weighted by Gasteiger charge is -2.32. The molecule has 6 N–H and O–H groups in total. The van der Waals surface area contributed by atoms with E-state index in [-0.39, 0.29) is 50.4 Å².